The molecule has 0 aliphatic carbocycles. The lowest BCUT2D eigenvalue weighted by molar-refractivity contribution is 0.0948. The van der Waals surface area contributed by atoms with Crippen LogP contribution in [0.25, 0.3) is 0 Å². The van der Waals surface area contributed by atoms with Crippen molar-refractivity contribution in [2.75, 3.05) is 12.3 Å². The van der Waals surface area contributed by atoms with E-state index in [0.29, 0.717) is 16.7 Å². The van der Waals surface area contributed by atoms with E-state index in [1.807, 2.05) is 24.3 Å². The van der Waals surface area contributed by atoms with Gasteiger partial charge in [-0.1, -0.05) is 12.1 Å². The standard InChI is InChI=1S/C14H14BrN3O/c15-12-2-1-8-17-13(12)14(19)18-9-7-10-3-5-11(16)6-4-10/h1-6,8H,7,9,16H2,(H,18,19). The lowest BCUT2D eigenvalue weighted by atomic mass is 10.1. The number of nitrogen functional groups attached to an aromatic ring is 1. The Bertz CT molecular complexity index is 569. The SMILES string of the molecule is Nc1ccc(CCNC(=O)c2ncccc2Br)cc1. The van der Waals surface area contributed by atoms with Gasteiger partial charge in [-0.25, -0.2) is 4.98 Å². The van der Waals surface area contributed by atoms with Gasteiger partial charge in [-0.2, -0.15) is 0 Å². The normalized spacial score (nSPS) is 10.2. The van der Waals surface area contributed by atoms with Crippen molar-refractivity contribution in [2.45, 2.75) is 6.42 Å². The second kappa shape index (κ2) is 6.33. The summed E-state index contributed by atoms with van der Waals surface area (Å²) in [6.07, 6.45) is 2.36. The Balaban J connectivity index is 1.88. The summed E-state index contributed by atoms with van der Waals surface area (Å²) in [5, 5.41) is 2.84. The molecule has 1 amide bonds. The summed E-state index contributed by atoms with van der Waals surface area (Å²) in [6, 6.07) is 11.2. The van der Waals surface area contributed by atoms with Crippen molar-refractivity contribution in [3.8, 4) is 0 Å². The fourth-order valence-corrected chi connectivity index (χ4v) is 2.08. The Morgan fingerprint density at radius 2 is 2.00 bits per heavy atom. The Kier molecular flexibility index (Phi) is 4.52. The quantitative estimate of drug-likeness (QED) is 0.850. The molecule has 98 valence electrons. The number of benzene rings is 1. The molecule has 0 aliphatic heterocycles. The van der Waals surface area contributed by atoms with Crippen LogP contribution in [0.3, 0.4) is 0 Å². The third-order valence-electron chi connectivity index (χ3n) is 2.65. The van der Waals surface area contributed by atoms with Gasteiger partial charge in [-0.15, -0.1) is 0 Å². The predicted octanol–water partition coefficient (Wildman–Crippen LogP) is 2.40. The molecular weight excluding hydrogens is 306 g/mol. The fourth-order valence-electron chi connectivity index (χ4n) is 1.64. The van der Waals surface area contributed by atoms with Crippen molar-refractivity contribution in [1.82, 2.24) is 10.3 Å². The van der Waals surface area contributed by atoms with Crippen LogP contribution in [0.2, 0.25) is 0 Å². The van der Waals surface area contributed by atoms with Crippen LogP contribution in [-0.4, -0.2) is 17.4 Å². The number of anilines is 1. The van der Waals surface area contributed by atoms with Gasteiger partial charge in [0.15, 0.2) is 0 Å². The van der Waals surface area contributed by atoms with Gasteiger partial charge in [0.05, 0.1) is 0 Å². The maximum absolute atomic E-state index is 11.9. The van der Waals surface area contributed by atoms with E-state index in [1.165, 1.54) is 0 Å². The molecule has 19 heavy (non-hydrogen) atoms. The van der Waals surface area contributed by atoms with E-state index in [2.05, 4.69) is 26.2 Å². The molecule has 4 nitrogen and oxygen atoms in total. The van der Waals surface area contributed by atoms with E-state index in [-0.39, 0.29) is 5.91 Å². The monoisotopic (exact) mass is 319 g/mol. The van der Waals surface area contributed by atoms with Gasteiger partial charge in [0.1, 0.15) is 5.69 Å². The van der Waals surface area contributed by atoms with Crippen LogP contribution in [0.15, 0.2) is 47.1 Å². The maximum atomic E-state index is 11.9. The maximum Gasteiger partial charge on any atom is 0.271 e. The topological polar surface area (TPSA) is 68.0 Å². The van der Waals surface area contributed by atoms with Crippen molar-refractivity contribution >= 4 is 27.5 Å². The number of pyridine rings is 1. The van der Waals surface area contributed by atoms with Crippen molar-refractivity contribution in [1.29, 1.82) is 0 Å². The number of rotatable bonds is 4. The number of aromatic nitrogens is 1. The minimum absolute atomic E-state index is 0.178. The number of hydrogen-bond acceptors (Lipinski definition) is 3. The van der Waals surface area contributed by atoms with Crippen LogP contribution in [0.5, 0.6) is 0 Å². The van der Waals surface area contributed by atoms with E-state index in [4.69, 9.17) is 5.73 Å². The highest BCUT2D eigenvalue weighted by molar-refractivity contribution is 9.10. The molecule has 0 saturated heterocycles. The minimum Gasteiger partial charge on any atom is -0.399 e. The number of halogens is 1. The third-order valence-corrected chi connectivity index (χ3v) is 3.29. The fraction of sp³-hybridized carbons (Fsp3) is 0.143. The molecule has 1 heterocycles. The smallest absolute Gasteiger partial charge is 0.271 e. The van der Waals surface area contributed by atoms with Crippen LogP contribution in [0.4, 0.5) is 5.69 Å². The number of hydrogen-bond donors (Lipinski definition) is 2. The van der Waals surface area contributed by atoms with Crippen LogP contribution in [0.1, 0.15) is 16.1 Å². The Morgan fingerprint density at radius 3 is 2.68 bits per heavy atom. The molecule has 0 fully saturated rings. The molecule has 0 atom stereocenters. The summed E-state index contributed by atoms with van der Waals surface area (Å²) in [7, 11) is 0. The van der Waals surface area contributed by atoms with Crippen LogP contribution >= 0.6 is 15.9 Å². The van der Waals surface area contributed by atoms with Gasteiger partial charge in [0.2, 0.25) is 0 Å². The molecule has 1 aromatic heterocycles. The summed E-state index contributed by atoms with van der Waals surface area (Å²) in [5.74, 6) is -0.178. The molecule has 0 saturated carbocycles. The Labute approximate surface area is 120 Å². The summed E-state index contributed by atoms with van der Waals surface area (Å²) in [5.41, 5.74) is 7.89. The molecule has 0 unspecified atom stereocenters. The van der Waals surface area contributed by atoms with E-state index in [9.17, 15) is 4.79 Å². The van der Waals surface area contributed by atoms with E-state index in [1.54, 1.807) is 18.3 Å². The first kappa shape index (κ1) is 13.5. The zero-order valence-electron chi connectivity index (χ0n) is 10.3. The summed E-state index contributed by atoms with van der Waals surface area (Å²) in [4.78, 5) is 15.9. The predicted molar refractivity (Wildman–Crippen MR) is 78.8 cm³/mol. The highest BCUT2D eigenvalue weighted by Crippen LogP contribution is 2.12. The number of nitrogens with one attached hydrogen (secondary N) is 1. The Morgan fingerprint density at radius 1 is 1.26 bits per heavy atom. The summed E-state index contributed by atoms with van der Waals surface area (Å²) in [6.45, 7) is 0.561. The number of nitrogens with two attached hydrogens (primary N) is 1. The van der Waals surface area contributed by atoms with Crippen molar-refractivity contribution in [3.05, 3.63) is 58.3 Å². The highest BCUT2D eigenvalue weighted by Gasteiger charge is 2.09. The average molecular weight is 320 g/mol. The van der Waals surface area contributed by atoms with E-state index >= 15 is 0 Å². The van der Waals surface area contributed by atoms with Gasteiger partial charge < -0.3 is 11.1 Å². The molecule has 0 spiro atoms. The van der Waals surface area contributed by atoms with Crippen LogP contribution in [0, 0.1) is 0 Å². The van der Waals surface area contributed by atoms with Crippen molar-refractivity contribution < 1.29 is 4.79 Å². The second-order valence-corrected chi connectivity index (χ2v) is 4.94. The van der Waals surface area contributed by atoms with Gasteiger partial charge in [0, 0.05) is 22.9 Å². The summed E-state index contributed by atoms with van der Waals surface area (Å²) >= 11 is 3.30. The van der Waals surface area contributed by atoms with E-state index < -0.39 is 0 Å². The van der Waals surface area contributed by atoms with Crippen molar-refractivity contribution in [3.63, 3.8) is 0 Å². The molecule has 0 radical (unpaired) electrons. The average Bonchev–Trinajstić information content (AvgIpc) is 2.41. The summed E-state index contributed by atoms with van der Waals surface area (Å²) < 4.78 is 0.694. The number of nitrogens with zero attached hydrogens (tertiary/aromatic N) is 1. The molecular formula is C14H14BrN3O. The number of carbonyl (C=O) groups is 1. The molecule has 5 heteroatoms. The van der Waals surface area contributed by atoms with Gasteiger partial charge >= 0.3 is 0 Å². The first-order valence-corrected chi connectivity index (χ1v) is 6.69. The largest absolute Gasteiger partial charge is 0.399 e. The van der Waals surface area contributed by atoms with Gasteiger partial charge in [0.25, 0.3) is 5.91 Å². The van der Waals surface area contributed by atoms with Crippen LogP contribution < -0.4 is 11.1 Å². The zero-order valence-corrected chi connectivity index (χ0v) is 11.9. The Hall–Kier alpha value is -1.88. The molecule has 1 aromatic carbocycles. The molecule has 2 aromatic rings. The minimum atomic E-state index is -0.178. The first-order chi connectivity index (χ1) is 9.16. The van der Waals surface area contributed by atoms with Gasteiger partial charge in [-0.3, -0.25) is 4.79 Å². The zero-order chi connectivity index (χ0) is 13.7. The lowest BCUT2D eigenvalue weighted by Gasteiger charge is -2.06. The van der Waals surface area contributed by atoms with Gasteiger partial charge in [-0.05, 0) is 52.2 Å². The molecule has 3 N–H and O–H groups in total. The number of amides is 1. The first-order valence-electron chi connectivity index (χ1n) is 5.90. The van der Waals surface area contributed by atoms with Crippen LogP contribution in [-0.2, 0) is 6.42 Å². The molecule has 0 bridgehead atoms. The van der Waals surface area contributed by atoms with E-state index in [0.717, 1.165) is 17.7 Å². The highest BCUT2D eigenvalue weighted by atomic mass is 79.9. The molecule has 2 rings (SSSR count). The second-order valence-electron chi connectivity index (χ2n) is 4.08. The lowest BCUT2D eigenvalue weighted by Crippen LogP contribution is -2.26. The third kappa shape index (κ3) is 3.79. The number of carbonyl (C=O) groups excluding carboxylic acids is 1. The molecule has 0 aliphatic rings. The van der Waals surface area contributed by atoms with Crippen molar-refractivity contribution in [2.24, 2.45) is 0 Å².